The number of rotatable bonds is 15. The average molecular weight is 327 g/mol. The van der Waals surface area contributed by atoms with E-state index in [4.69, 9.17) is 4.18 Å². The maximum atomic E-state index is 11.2. The van der Waals surface area contributed by atoms with Crippen molar-refractivity contribution in [1.29, 1.82) is 0 Å². The van der Waals surface area contributed by atoms with E-state index in [0.717, 1.165) is 19.3 Å². The van der Waals surface area contributed by atoms with Crippen LogP contribution in [0.5, 0.6) is 0 Å². The molecule has 122 valence electrons. The van der Waals surface area contributed by atoms with Crippen LogP contribution in [-0.4, -0.2) is 27.4 Å². The zero-order valence-electron chi connectivity index (χ0n) is 12.7. The van der Waals surface area contributed by atoms with Gasteiger partial charge in [0.25, 0.3) is 0 Å². The molecule has 4 nitrogen and oxygen atoms in total. The summed E-state index contributed by atoms with van der Waals surface area (Å²) in [5, 5.41) is 0. The molecule has 0 bridgehead atoms. The molecule has 6 heteroatoms. The second-order valence-corrected chi connectivity index (χ2v) is 6.69. The first-order chi connectivity index (χ1) is 9.62. The van der Waals surface area contributed by atoms with Crippen LogP contribution in [0, 0.1) is 0 Å². The van der Waals surface area contributed by atoms with Gasteiger partial charge in [-0.05, 0) is 6.42 Å². The topological polar surface area (TPSA) is 52.6 Å². The van der Waals surface area contributed by atoms with Crippen LogP contribution in [0.1, 0.15) is 71.1 Å². The van der Waals surface area contributed by atoms with E-state index in [1.807, 2.05) is 0 Å². The van der Waals surface area contributed by atoms with Crippen molar-refractivity contribution in [1.82, 2.24) is 0 Å². The van der Waals surface area contributed by atoms with E-state index in [1.54, 1.807) is 0 Å². The first-order valence-electron chi connectivity index (χ1n) is 7.77. The van der Waals surface area contributed by atoms with Gasteiger partial charge in [-0.2, -0.15) is 21.0 Å². The third-order valence-corrected chi connectivity index (χ3v) is 4.14. The van der Waals surface area contributed by atoms with Gasteiger partial charge in [0.1, 0.15) is 0 Å². The van der Waals surface area contributed by atoms with Gasteiger partial charge in [0, 0.05) is 5.75 Å². The van der Waals surface area contributed by atoms with Crippen LogP contribution in [0.15, 0.2) is 0 Å². The molecule has 0 aromatic heterocycles. The SMILES string of the molecule is CCCCCCCCCCCCOS(=O)(=O)OCCS. The Morgan fingerprint density at radius 2 is 1.20 bits per heavy atom. The fraction of sp³-hybridized carbons (Fsp3) is 1.00. The Hall–Kier alpha value is 0.220. The van der Waals surface area contributed by atoms with E-state index in [1.165, 1.54) is 44.9 Å². The Morgan fingerprint density at radius 3 is 1.70 bits per heavy atom. The molecule has 0 amide bonds. The summed E-state index contributed by atoms with van der Waals surface area (Å²) >= 11 is 3.87. The van der Waals surface area contributed by atoms with Gasteiger partial charge in [0.05, 0.1) is 13.2 Å². The highest BCUT2D eigenvalue weighted by Crippen LogP contribution is 2.10. The molecular formula is C14H30O4S2. The summed E-state index contributed by atoms with van der Waals surface area (Å²) in [5.41, 5.74) is 0. The van der Waals surface area contributed by atoms with Crippen LogP contribution < -0.4 is 0 Å². The highest BCUT2D eigenvalue weighted by Gasteiger charge is 2.10. The largest absolute Gasteiger partial charge is 0.399 e. The standard InChI is InChI=1S/C14H30O4S2/c1-2-3-4-5-6-7-8-9-10-11-12-17-20(15,16)18-13-14-19/h19H,2-14H2,1H3. The molecule has 0 N–H and O–H groups in total. The lowest BCUT2D eigenvalue weighted by Gasteiger charge is -2.05. The molecule has 0 saturated heterocycles. The molecule has 0 aliphatic heterocycles. The molecule has 20 heavy (non-hydrogen) atoms. The number of thiol groups is 1. The Balaban J connectivity index is 3.24. The first kappa shape index (κ1) is 20.2. The quantitative estimate of drug-likeness (QED) is 0.363. The lowest BCUT2D eigenvalue weighted by molar-refractivity contribution is 0.219. The number of hydrogen-bond acceptors (Lipinski definition) is 5. The predicted molar refractivity (Wildman–Crippen MR) is 86.5 cm³/mol. The zero-order chi connectivity index (χ0) is 15.1. The van der Waals surface area contributed by atoms with E-state index in [0.29, 0.717) is 5.75 Å². The summed E-state index contributed by atoms with van der Waals surface area (Å²) in [6, 6.07) is 0. The monoisotopic (exact) mass is 326 g/mol. The molecular weight excluding hydrogens is 296 g/mol. The van der Waals surface area contributed by atoms with Gasteiger partial charge in [0.15, 0.2) is 0 Å². The highest BCUT2D eigenvalue weighted by atomic mass is 32.3. The molecule has 0 heterocycles. The average Bonchev–Trinajstić information content (AvgIpc) is 2.42. The smallest absolute Gasteiger partial charge is 0.248 e. The maximum Gasteiger partial charge on any atom is 0.399 e. The molecule has 0 saturated carbocycles. The van der Waals surface area contributed by atoms with Crippen LogP contribution in [0.4, 0.5) is 0 Å². The van der Waals surface area contributed by atoms with Gasteiger partial charge < -0.3 is 0 Å². The van der Waals surface area contributed by atoms with Crippen molar-refractivity contribution in [2.24, 2.45) is 0 Å². The lowest BCUT2D eigenvalue weighted by Crippen LogP contribution is -2.12. The summed E-state index contributed by atoms with van der Waals surface area (Å²) < 4.78 is 31.6. The van der Waals surface area contributed by atoms with Gasteiger partial charge in [-0.1, -0.05) is 64.7 Å². The van der Waals surface area contributed by atoms with Crippen molar-refractivity contribution < 1.29 is 16.8 Å². The van der Waals surface area contributed by atoms with Crippen molar-refractivity contribution in [3.63, 3.8) is 0 Å². The number of hydrogen-bond donors (Lipinski definition) is 1. The first-order valence-corrected chi connectivity index (χ1v) is 9.73. The van der Waals surface area contributed by atoms with Gasteiger partial charge >= 0.3 is 10.4 Å². The minimum Gasteiger partial charge on any atom is -0.248 e. The molecule has 0 aromatic rings. The van der Waals surface area contributed by atoms with Crippen molar-refractivity contribution >= 4 is 23.0 Å². The minimum absolute atomic E-state index is 0.0590. The van der Waals surface area contributed by atoms with Crippen LogP contribution in [0.25, 0.3) is 0 Å². The van der Waals surface area contributed by atoms with Crippen molar-refractivity contribution in [2.75, 3.05) is 19.0 Å². The summed E-state index contributed by atoms with van der Waals surface area (Å²) in [7, 11) is -3.80. The third-order valence-electron chi connectivity index (χ3n) is 3.04. The third kappa shape index (κ3) is 14.6. The zero-order valence-corrected chi connectivity index (χ0v) is 14.4. The molecule has 0 aromatic carbocycles. The van der Waals surface area contributed by atoms with Gasteiger partial charge in [-0.25, -0.2) is 8.37 Å². The van der Waals surface area contributed by atoms with E-state index >= 15 is 0 Å². The predicted octanol–water partition coefficient (Wildman–Crippen LogP) is 4.12. The molecule has 0 atom stereocenters. The summed E-state index contributed by atoms with van der Waals surface area (Å²) in [4.78, 5) is 0. The second-order valence-electron chi connectivity index (χ2n) is 4.96. The molecule has 0 unspecified atom stereocenters. The van der Waals surface area contributed by atoms with Crippen molar-refractivity contribution in [2.45, 2.75) is 71.1 Å². The summed E-state index contributed by atoms with van der Waals surface area (Å²) in [6.45, 7) is 2.50. The second kappa shape index (κ2) is 14.2. The van der Waals surface area contributed by atoms with Crippen LogP contribution in [-0.2, 0) is 18.8 Å². The normalized spacial score (nSPS) is 11.9. The fourth-order valence-corrected chi connectivity index (χ4v) is 2.82. The van der Waals surface area contributed by atoms with E-state index in [2.05, 4.69) is 23.7 Å². The Kier molecular flexibility index (Phi) is 14.3. The Bertz CT molecular complexity index is 292. The molecule has 0 aliphatic rings. The van der Waals surface area contributed by atoms with Crippen LogP contribution in [0.3, 0.4) is 0 Å². The van der Waals surface area contributed by atoms with E-state index in [-0.39, 0.29) is 13.2 Å². The summed E-state index contributed by atoms with van der Waals surface area (Å²) in [5.74, 6) is 0.362. The van der Waals surface area contributed by atoms with Gasteiger partial charge in [-0.15, -0.1) is 0 Å². The van der Waals surface area contributed by atoms with Crippen molar-refractivity contribution in [3.05, 3.63) is 0 Å². The van der Waals surface area contributed by atoms with Gasteiger partial charge in [0.2, 0.25) is 0 Å². The van der Waals surface area contributed by atoms with Crippen LogP contribution >= 0.6 is 12.6 Å². The molecule has 0 spiro atoms. The Morgan fingerprint density at radius 1 is 0.750 bits per heavy atom. The molecule has 0 fully saturated rings. The molecule has 0 radical (unpaired) electrons. The minimum atomic E-state index is -3.80. The Labute approximate surface area is 130 Å². The fourth-order valence-electron chi connectivity index (χ4n) is 1.92. The maximum absolute atomic E-state index is 11.2. The van der Waals surface area contributed by atoms with Crippen molar-refractivity contribution in [3.8, 4) is 0 Å². The molecule has 0 aliphatic carbocycles. The molecule has 0 rings (SSSR count). The highest BCUT2D eigenvalue weighted by molar-refractivity contribution is 7.82. The van der Waals surface area contributed by atoms with E-state index < -0.39 is 10.4 Å². The van der Waals surface area contributed by atoms with E-state index in [9.17, 15) is 8.42 Å². The summed E-state index contributed by atoms with van der Waals surface area (Å²) in [6.07, 6.45) is 12.1. The van der Waals surface area contributed by atoms with Crippen LogP contribution in [0.2, 0.25) is 0 Å². The lowest BCUT2D eigenvalue weighted by atomic mass is 10.1. The number of unbranched alkanes of at least 4 members (excludes halogenated alkanes) is 9. The van der Waals surface area contributed by atoms with Gasteiger partial charge in [-0.3, -0.25) is 0 Å².